The maximum Gasteiger partial charge on any atom is 0.200 e. The van der Waals surface area contributed by atoms with Crippen LogP contribution in [0, 0.1) is 5.92 Å². The third kappa shape index (κ3) is 1.66. The summed E-state index contributed by atoms with van der Waals surface area (Å²) in [6, 6.07) is 3.48. The normalized spacial score (nSPS) is 15.9. The van der Waals surface area contributed by atoms with E-state index >= 15 is 0 Å². The maximum atomic E-state index is 10.1. The number of aromatic hydroxyl groups is 1. The molecule has 1 aromatic heterocycles. The third-order valence-corrected chi connectivity index (χ3v) is 3.54. The molecule has 1 aromatic carbocycles. The summed E-state index contributed by atoms with van der Waals surface area (Å²) in [6.45, 7) is 0.870. The van der Waals surface area contributed by atoms with Gasteiger partial charge in [0.15, 0.2) is 0 Å². The van der Waals surface area contributed by atoms with Crippen LogP contribution in [0.5, 0.6) is 5.88 Å². The Kier molecular flexibility index (Phi) is 2.30. The number of hydrogen-bond donors (Lipinski definition) is 1. The second kappa shape index (κ2) is 3.57. The van der Waals surface area contributed by atoms with Crippen LogP contribution >= 0.6 is 23.2 Å². The van der Waals surface area contributed by atoms with Crippen LogP contribution in [-0.4, -0.2) is 9.67 Å². The first-order chi connectivity index (χ1) is 7.65. The first-order valence-electron chi connectivity index (χ1n) is 5.32. The minimum absolute atomic E-state index is 0.253. The Labute approximate surface area is 103 Å². The molecule has 1 aliphatic rings. The van der Waals surface area contributed by atoms with Crippen LogP contribution in [0.1, 0.15) is 12.8 Å². The summed E-state index contributed by atoms with van der Waals surface area (Å²) in [7, 11) is 0. The molecule has 0 aliphatic heterocycles. The van der Waals surface area contributed by atoms with Crippen molar-refractivity contribution >= 4 is 34.0 Å². The second-order valence-corrected chi connectivity index (χ2v) is 5.24. The summed E-state index contributed by atoms with van der Waals surface area (Å²) in [6.07, 6.45) is 4.42. The van der Waals surface area contributed by atoms with Gasteiger partial charge in [-0.1, -0.05) is 23.2 Å². The molecule has 1 saturated carbocycles. The minimum atomic E-state index is 0.253. The van der Waals surface area contributed by atoms with Crippen molar-refractivity contribution in [2.24, 2.45) is 5.92 Å². The van der Waals surface area contributed by atoms with Crippen molar-refractivity contribution in [1.82, 2.24) is 4.57 Å². The molecular formula is C12H11Cl2NO. The highest BCUT2D eigenvalue weighted by Crippen LogP contribution is 2.38. The molecule has 4 heteroatoms. The number of benzene rings is 1. The van der Waals surface area contributed by atoms with E-state index < -0.39 is 0 Å². The molecular weight excluding hydrogens is 245 g/mol. The van der Waals surface area contributed by atoms with Crippen LogP contribution in [0.3, 0.4) is 0 Å². The lowest BCUT2D eigenvalue weighted by atomic mass is 10.2. The van der Waals surface area contributed by atoms with Crippen LogP contribution in [-0.2, 0) is 6.54 Å². The first kappa shape index (κ1) is 10.3. The molecule has 2 nitrogen and oxygen atoms in total. The Hall–Kier alpha value is -0.860. The molecule has 1 fully saturated rings. The van der Waals surface area contributed by atoms with Crippen LogP contribution in [0.15, 0.2) is 18.3 Å². The van der Waals surface area contributed by atoms with E-state index in [4.69, 9.17) is 23.2 Å². The van der Waals surface area contributed by atoms with Gasteiger partial charge in [0.2, 0.25) is 5.88 Å². The van der Waals surface area contributed by atoms with Gasteiger partial charge in [-0.3, -0.25) is 0 Å². The molecule has 3 rings (SSSR count). The smallest absolute Gasteiger partial charge is 0.200 e. The van der Waals surface area contributed by atoms with E-state index in [1.54, 1.807) is 6.07 Å². The second-order valence-electron chi connectivity index (χ2n) is 4.40. The van der Waals surface area contributed by atoms with Crippen molar-refractivity contribution in [3.63, 3.8) is 0 Å². The van der Waals surface area contributed by atoms with Gasteiger partial charge in [-0.05, 0) is 30.9 Å². The number of halogens is 2. The van der Waals surface area contributed by atoms with Gasteiger partial charge in [0, 0.05) is 23.2 Å². The molecule has 0 atom stereocenters. The number of aromatic nitrogens is 1. The Bertz CT molecular complexity index is 558. The summed E-state index contributed by atoms with van der Waals surface area (Å²) < 4.78 is 1.87. The van der Waals surface area contributed by atoms with Crippen LogP contribution in [0.2, 0.25) is 10.0 Å². The zero-order valence-corrected chi connectivity index (χ0v) is 10.1. The molecule has 16 heavy (non-hydrogen) atoms. The molecule has 0 spiro atoms. The molecule has 1 heterocycles. The summed E-state index contributed by atoms with van der Waals surface area (Å²) >= 11 is 12.0. The molecule has 1 aliphatic carbocycles. The average Bonchev–Trinajstić information content (AvgIpc) is 2.93. The van der Waals surface area contributed by atoms with Gasteiger partial charge >= 0.3 is 0 Å². The molecule has 0 radical (unpaired) electrons. The van der Waals surface area contributed by atoms with E-state index in [9.17, 15) is 5.11 Å². The highest BCUT2D eigenvalue weighted by atomic mass is 35.5. The lowest BCUT2D eigenvalue weighted by Crippen LogP contribution is -1.96. The monoisotopic (exact) mass is 255 g/mol. The highest BCUT2D eigenvalue weighted by Gasteiger charge is 2.23. The molecule has 1 N–H and O–H groups in total. The Morgan fingerprint density at radius 2 is 2.06 bits per heavy atom. The van der Waals surface area contributed by atoms with E-state index in [0.717, 1.165) is 11.9 Å². The van der Waals surface area contributed by atoms with Crippen molar-refractivity contribution in [3.05, 3.63) is 28.4 Å². The minimum Gasteiger partial charge on any atom is -0.494 e. The number of fused-ring (bicyclic) bond motifs is 1. The fraction of sp³-hybridized carbons (Fsp3) is 0.333. The van der Waals surface area contributed by atoms with E-state index in [-0.39, 0.29) is 5.88 Å². The first-order valence-corrected chi connectivity index (χ1v) is 6.07. The van der Waals surface area contributed by atoms with Crippen molar-refractivity contribution in [3.8, 4) is 5.88 Å². The molecule has 2 aromatic rings. The fourth-order valence-electron chi connectivity index (χ4n) is 2.02. The molecule has 0 saturated heterocycles. The Morgan fingerprint density at radius 1 is 1.31 bits per heavy atom. The van der Waals surface area contributed by atoms with Crippen molar-refractivity contribution < 1.29 is 5.11 Å². The topological polar surface area (TPSA) is 25.2 Å². The molecule has 84 valence electrons. The predicted octanol–water partition coefficient (Wildman–Crippen LogP) is 4.06. The largest absolute Gasteiger partial charge is 0.494 e. The van der Waals surface area contributed by atoms with E-state index in [2.05, 4.69) is 0 Å². The van der Waals surface area contributed by atoms with Crippen molar-refractivity contribution in [2.75, 3.05) is 0 Å². The molecule has 0 amide bonds. The van der Waals surface area contributed by atoms with Crippen LogP contribution in [0.25, 0.3) is 10.8 Å². The summed E-state index contributed by atoms with van der Waals surface area (Å²) in [5.74, 6) is 0.963. The van der Waals surface area contributed by atoms with Gasteiger partial charge in [0.25, 0.3) is 0 Å². The number of nitrogens with zero attached hydrogens (tertiary/aromatic N) is 1. The lowest BCUT2D eigenvalue weighted by molar-refractivity contribution is 0.415. The van der Waals surface area contributed by atoms with Gasteiger partial charge in [-0.15, -0.1) is 0 Å². The van der Waals surface area contributed by atoms with Gasteiger partial charge in [-0.2, -0.15) is 0 Å². The average molecular weight is 256 g/mol. The molecule has 0 bridgehead atoms. The van der Waals surface area contributed by atoms with Crippen LogP contribution < -0.4 is 0 Å². The number of rotatable bonds is 2. The predicted molar refractivity (Wildman–Crippen MR) is 66.3 cm³/mol. The van der Waals surface area contributed by atoms with E-state index in [1.807, 2.05) is 16.8 Å². The molecule has 0 unspecified atom stereocenters. The zero-order chi connectivity index (χ0) is 11.3. The van der Waals surface area contributed by atoms with Gasteiger partial charge in [-0.25, -0.2) is 0 Å². The maximum absolute atomic E-state index is 10.1. The highest BCUT2D eigenvalue weighted by molar-refractivity contribution is 6.39. The standard InChI is InChI=1S/C12H11Cl2NO/c13-9-3-8-6-15(5-7-1-2-7)12(16)11(8)10(14)4-9/h3-4,6-7,16H,1-2,5H2. The summed E-state index contributed by atoms with van der Waals surface area (Å²) in [5, 5.41) is 12.8. The summed E-state index contributed by atoms with van der Waals surface area (Å²) in [4.78, 5) is 0. The Morgan fingerprint density at radius 3 is 2.75 bits per heavy atom. The quantitative estimate of drug-likeness (QED) is 0.860. The van der Waals surface area contributed by atoms with E-state index in [1.165, 1.54) is 12.8 Å². The number of hydrogen-bond acceptors (Lipinski definition) is 1. The van der Waals surface area contributed by atoms with Gasteiger partial charge < -0.3 is 9.67 Å². The fourth-order valence-corrected chi connectivity index (χ4v) is 2.62. The summed E-state index contributed by atoms with van der Waals surface area (Å²) in [5.41, 5.74) is 0. The van der Waals surface area contributed by atoms with E-state index in [0.29, 0.717) is 21.3 Å². The van der Waals surface area contributed by atoms with Gasteiger partial charge in [0.05, 0.1) is 10.4 Å². The van der Waals surface area contributed by atoms with Gasteiger partial charge in [0.1, 0.15) is 0 Å². The van der Waals surface area contributed by atoms with Crippen LogP contribution in [0.4, 0.5) is 0 Å². The lowest BCUT2D eigenvalue weighted by Gasteiger charge is -2.02. The SMILES string of the molecule is Oc1c2c(Cl)cc(Cl)cc2cn1CC1CC1. The Balaban J connectivity index is 2.16. The third-order valence-electron chi connectivity index (χ3n) is 3.03. The van der Waals surface area contributed by atoms with Crippen molar-refractivity contribution in [2.45, 2.75) is 19.4 Å². The zero-order valence-electron chi connectivity index (χ0n) is 8.58. The van der Waals surface area contributed by atoms with Crippen molar-refractivity contribution in [1.29, 1.82) is 0 Å².